The minimum atomic E-state index is -1.79. The number of amides is 1. The van der Waals surface area contributed by atoms with Crippen molar-refractivity contribution in [2.45, 2.75) is 441 Å². The fourth-order valence-electron chi connectivity index (χ4n) is 13.4. The van der Waals surface area contributed by atoms with Crippen LogP contribution in [0.2, 0.25) is 0 Å². The molecule has 9 N–H and O–H groups in total. The second-order valence-corrected chi connectivity index (χ2v) is 28.5. The van der Waals surface area contributed by atoms with E-state index in [1.165, 1.54) is 289 Å². The van der Waals surface area contributed by atoms with Crippen molar-refractivity contribution in [1.29, 1.82) is 0 Å². The van der Waals surface area contributed by atoms with Crippen LogP contribution >= 0.6 is 0 Å². The SMILES string of the molecule is CCCCCCC/C=C\C/C=C\C/C=C\CCCCCCCCCCCCCCCCC(=O)NC(COC1OC(CO)C(OC2OC(CO)C(O)C(O)C2O)C(O)C1O)C(O)/C=C/CCCCCCCCCCCCCCCCCCCCCCCCCCCCCCCC. The Balaban J connectivity index is 1.62. The summed E-state index contributed by atoms with van der Waals surface area (Å²) in [6.07, 6.45) is 70.5. The maximum Gasteiger partial charge on any atom is 0.220 e. The Bertz CT molecular complexity index is 1780. The minimum absolute atomic E-state index is 0.235. The van der Waals surface area contributed by atoms with Gasteiger partial charge in [-0.05, 0) is 57.8 Å². The van der Waals surface area contributed by atoms with Crippen molar-refractivity contribution in [1.82, 2.24) is 5.32 Å². The Hall–Kier alpha value is -2.05. The largest absolute Gasteiger partial charge is 0.394 e. The molecule has 0 aromatic heterocycles. The highest BCUT2D eigenvalue weighted by Gasteiger charge is 2.51. The number of hydrogen-bond acceptors (Lipinski definition) is 13. The number of ether oxygens (including phenoxy) is 4. The predicted octanol–water partition coefficient (Wildman–Crippen LogP) is 18.2. The molecule has 95 heavy (non-hydrogen) atoms. The van der Waals surface area contributed by atoms with Gasteiger partial charge in [0, 0.05) is 6.42 Å². The fraction of sp³-hybridized carbons (Fsp3) is 0.889. The van der Waals surface area contributed by atoms with Gasteiger partial charge in [-0.25, -0.2) is 0 Å². The van der Waals surface area contributed by atoms with E-state index in [0.717, 1.165) is 51.4 Å². The molecule has 14 nitrogen and oxygen atoms in total. The smallest absolute Gasteiger partial charge is 0.220 e. The molecule has 2 fully saturated rings. The van der Waals surface area contributed by atoms with E-state index >= 15 is 0 Å². The number of rotatable bonds is 68. The second-order valence-electron chi connectivity index (χ2n) is 28.5. The molecule has 2 aliphatic rings. The van der Waals surface area contributed by atoms with Crippen LogP contribution in [-0.4, -0.2) is 140 Å². The molecule has 0 aliphatic carbocycles. The lowest BCUT2D eigenvalue weighted by atomic mass is 9.97. The quantitative estimate of drug-likeness (QED) is 0.0204. The number of hydrogen-bond donors (Lipinski definition) is 9. The average molecular weight is 1350 g/mol. The first-order valence-corrected chi connectivity index (χ1v) is 40.4. The Labute approximate surface area is 582 Å². The van der Waals surface area contributed by atoms with E-state index in [1.54, 1.807) is 6.08 Å². The first-order valence-electron chi connectivity index (χ1n) is 40.4. The Morgan fingerprint density at radius 2 is 0.695 bits per heavy atom. The number of carbonyl (C=O) groups is 1. The van der Waals surface area contributed by atoms with Gasteiger partial charge in [0.25, 0.3) is 0 Å². The molecule has 0 aromatic carbocycles. The van der Waals surface area contributed by atoms with Crippen molar-refractivity contribution in [2.75, 3.05) is 19.8 Å². The van der Waals surface area contributed by atoms with E-state index < -0.39 is 86.8 Å². The van der Waals surface area contributed by atoms with Gasteiger partial charge in [0.05, 0.1) is 32.0 Å². The maximum absolute atomic E-state index is 13.4. The third-order valence-electron chi connectivity index (χ3n) is 19.8. The molecule has 14 heteroatoms. The highest BCUT2D eigenvalue weighted by Crippen LogP contribution is 2.30. The molecule has 0 bridgehead atoms. The van der Waals surface area contributed by atoms with Crippen LogP contribution in [0.5, 0.6) is 0 Å². The Morgan fingerprint density at radius 3 is 1.06 bits per heavy atom. The van der Waals surface area contributed by atoms with Gasteiger partial charge in [-0.1, -0.05) is 351 Å². The number of aliphatic hydroxyl groups is 8. The van der Waals surface area contributed by atoms with Gasteiger partial charge in [0.1, 0.15) is 48.8 Å². The Kier molecular flexibility index (Phi) is 61.2. The molecular weight excluding hydrogens is 1190 g/mol. The zero-order valence-electron chi connectivity index (χ0n) is 61.2. The van der Waals surface area contributed by atoms with E-state index in [9.17, 15) is 45.6 Å². The van der Waals surface area contributed by atoms with Gasteiger partial charge in [-0.15, -0.1) is 0 Å². The number of allylic oxidation sites excluding steroid dienone is 7. The van der Waals surface area contributed by atoms with Crippen molar-refractivity contribution >= 4 is 5.91 Å². The molecule has 2 heterocycles. The summed E-state index contributed by atoms with van der Waals surface area (Å²) < 4.78 is 22.9. The van der Waals surface area contributed by atoms with E-state index in [2.05, 4.69) is 55.6 Å². The molecule has 1 amide bonds. The molecule has 0 radical (unpaired) electrons. The zero-order valence-corrected chi connectivity index (χ0v) is 61.2. The van der Waals surface area contributed by atoms with Gasteiger partial charge in [-0.2, -0.15) is 0 Å². The third kappa shape index (κ3) is 48.4. The zero-order chi connectivity index (χ0) is 68.7. The molecule has 2 aliphatic heterocycles. The van der Waals surface area contributed by atoms with E-state index in [1.807, 2.05) is 6.08 Å². The van der Waals surface area contributed by atoms with Crippen LogP contribution in [0.1, 0.15) is 367 Å². The van der Waals surface area contributed by atoms with Crippen molar-refractivity contribution < 1.29 is 64.6 Å². The van der Waals surface area contributed by atoms with Crippen molar-refractivity contribution in [2.24, 2.45) is 0 Å². The topological polar surface area (TPSA) is 228 Å². The van der Waals surface area contributed by atoms with Crippen LogP contribution < -0.4 is 5.32 Å². The van der Waals surface area contributed by atoms with E-state index in [0.29, 0.717) is 6.42 Å². The number of nitrogens with one attached hydrogen (secondary N) is 1. The number of carbonyl (C=O) groups excluding carboxylic acids is 1. The van der Waals surface area contributed by atoms with E-state index in [4.69, 9.17) is 18.9 Å². The molecule has 0 spiro atoms. The molecule has 0 saturated carbocycles. The van der Waals surface area contributed by atoms with Crippen LogP contribution in [0.25, 0.3) is 0 Å². The summed E-state index contributed by atoms with van der Waals surface area (Å²) in [5.74, 6) is -0.235. The fourth-order valence-corrected chi connectivity index (χ4v) is 13.4. The summed E-state index contributed by atoms with van der Waals surface area (Å²) in [5.41, 5.74) is 0. The predicted molar refractivity (Wildman–Crippen MR) is 392 cm³/mol. The Morgan fingerprint density at radius 1 is 0.379 bits per heavy atom. The average Bonchev–Trinajstić information content (AvgIpc) is 0.801. The maximum atomic E-state index is 13.4. The van der Waals surface area contributed by atoms with Crippen molar-refractivity contribution in [3.05, 3.63) is 48.6 Å². The summed E-state index contributed by atoms with van der Waals surface area (Å²) in [6, 6.07) is -0.918. The summed E-state index contributed by atoms with van der Waals surface area (Å²) in [5, 5.41) is 87.7. The first kappa shape index (κ1) is 89.0. The summed E-state index contributed by atoms with van der Waals surface area (Å²) in [7, 11) is 0. The minimum Gasteiger partial charge on any atom is -0.394 e. The lowest BCUT2D eigenvalue weighted by Gasteiger charge is -2.46. The van der Waals surface area contributed by atoms with Crippen LogP contribution in [0.15, 0.2) is 48.6 Å². The van der Waals surface area contributed by atoms with Crippen molar-refractivity contribution in [3.8, 4) is 0 Å². The van der Waals surface area contributed by atoms with Gasteiger partial charge < -0.3 is 65.1 Å². The van der Waals surface area contributed by atoms with Crippen LogP contribution in [0.4, 0.5) is 0 Å². The normalized spacial score (nSPS) is 22.5. The third-order valence-corrected chi connectivity index (χ3v) is 19.8. The first-order chi connectivity index (χ1) is 46.6. The van der Waals surface area contributed by atoms with E-state index in [-0.39, 0.29) is 18.9 Å². The number of aliphatic hydroxyl groups excluding tert-OH is 8. The molecule has 2 saturated heterocycles. The summed E-state index contributed by atoms with van der Waals surface area (Å²) in [4.78, 5) is 13.4. The van der Waals surface area contributed by atoms with Gasteiger partial charge >= 0.3 is 0 Å². The van der Waals surface area contributed by atoms with Gasteiger partial charge in [0.2, 0.25) is 5.91 Å². The highest BCUT2D eigenvalue weighted by atomic mass is 16.7. The van der Waals surface area contributed by atoms with Gasteiger partial charge in [0.15, 0.2) is 12.6 Å². The monoisotopic (exact) mass is 1350 g/mol. The highest BCUT2D eigenvalue weighted by molar-refractivity contribution is 5.76. The lowest BCUT2D eigenvalue weighted by molar-refractivity contribution is -0.359. The standard InChI is InChI=1S/C81H151NO13/c1-3-5-7-9-11-13-15-17-19-21-23-25-27-29-31-33-34-35-37-38-40-42-44-46-48-50-52-54-56-58-60-62-64-70(85)69(68-92-80-78(91)76(89)79(72(67-84)94-80)95-81-77(90)75(88)74(87)71(66-83)93-81)82-73(86)65-63-61-59-57-55-53-51-49-47-45-43-41-39-36-32-30-28-26-24-22-20-18-16-14-12-10-8-6-4-2/h16,18,22,24,28,30,62,64,69-72,74-81,83-85,87-91H,3-15,17,19-21,23,25-27,29,31-61,63,65-68H2,1-2H3,(H,82,86)/b18-16-,24-22-,30-28-,64-62+. The molecular formula is C81H151NO13. The van der Waals surface area contributed by atoms with Crippen molar-refractivity contribution in [3.63, 3.8) is 0 Å². The second kappa shape index (κ2) is 65.3. The molecule has 0 aromatic rings. The van der Waals surface area contributed by atoms with Crippen LogP contribution in [0.3, 0.4) is 0 Å². The molecule has 558 valence electrons. The van der Waals surface area contributed by atoms with Gasteiger partial charge in [-0.3, -0.25) is 4.79 Å². The molecule has 12 unspecified atom stereocenters. The van der Waals surface area contributed by atoms with Crippen LogP contribution in [-0.2, 0) is 23.7 Å². The molecule has 12 atom stereocenters. The van der Waals surface area contributed by atoms with Crippen LogP contribution in [0, 0.1) is 0 Å². The summed E-state index contributed by atoms with van der Waals surface area (Å²) in [6.45, 7) is 2.85. The summed E-state index contributed by atoms with van der Waals surface area (Å²) >= 11 is 0. The number of unbranched alkanes of at least 4 members (excludes halogenated alkanes) is 49. The molecule has 2 rings (SSSR count). The lowest BCUT2D eigenvalue weighted by Crippen LogP contribution is -2.65.